The van der Waals surface area contributed by atoms with Crippen LogP contribution in [0.4, 0.5) is 10.1 Å². The summed E-state index contributed by atoms with van der Waals surface area (Å²) in [7, 11) is -3.56. The number of aryl methyl sites for hydroxylation is 1. The maximum atomic E-state index is 13.2. The number of carbonyl (C=O) groups is 1. The van der Waals surface area contributed by atoms with Crippen molar-refractivity contribution in [3.05, 3.63) is 64.4 Å². The van der Waals surface area contributed by atoms with Gasteiger partial charge in [0, 0.05) is 17.1 Å². The molecule has 0 saturated heterocycles. The fourth-order valence-corrected chi connectivity index (χ4v) is 3.46. The number of nitrogens with one attached hydrogen (secondary N) is 1. The maximum absolute atomic E-state index is 13.2. The van der Waals surface area contributed by atoms with Gasteiger partial charge in [0.2, 0.25) is 10.0 Å². The first-order chi connectivity index (χ1) is 11.7. The summed E-state index contributed by atoms with van der Waals surface area (Å²) in [5, 5.41) is 3.00. The molecule has 0 heterocycles. The van der Waals surface area contributed by atoms with E-state index in [2.05, 4.69) is 5.32 Å². The van der Waals surface area contributed by atoms with Crippen LogP contribution in [-0.2, 0) is 10.0 Å². The number of halogens is 2. The van der Waals surface area contributed by atoms with Crippen molar-refractivity contribution in [3.8, 4) is 0 Å². The number of rotatable bonds is 6. The molecule has 0 saturated carbocycles. The first kappa shape index (κ1) is 19.2. The lowest BCUT2D eigenvalue weighted by Gasteiger charge is -2.24. The zero-order valence-electron chi connectivity index (χ0n) is 13.8. The molecule has 5 nitrogen and oxygen atoms in total. The van der Waals surface area contributed by atoms with Crippen molar-refractivity contribution in [1.82, 2.24) is 5.32 Å². The molecule has 1 amide bonds. The van der Waals surface area contributed by atoms with Gasteiger partial charge in [0.1, 0.15) is 5.82 Å². The van der Waals surface area contributed by atoms with Crippen molar-refractivity contribution in [3.63, 3.8) is 0 Å². The number of anilines is 1. The van der Waals surface area contributed by atoms with Crippen molar-refractivity contribution in [1.29, 1.82) is 0 Å². The molecular formula is C17H18ClFN2O3S. The van der Waals surface area contributed by atoms with Gasteiger partial charge in [0.25, 0.3) is 5.91 Å². The fourth-order valence-electron chi connectivity index (χ4n) is 2.32. The third-order valence-electron chi connectivity index (χ3n) is 3.53. The summed E-state index contributed by atoms with van der Waals surface area (Å²) in [6.07, 6.45) is 1.09. The van der Waals surface area contributed by atoms with Crippen molar-refractivity contribution in [2.24, 2.45) is 0 Å². The van der Waals surface area contributed by atoms with Crippen LogP contribution in [0.25, 0.3) is 0 Å². The smallest absolute Gasteiger partial charge is 0.251 e. The molecule has 0 atom stereocenters. The molecule has 0 aromatic heterocycles. The number of hydrogen-bond acceptors (Lipinski definition) is 3. The summed E-state index contributed by atoms with van der Waals surface area (Å²) in [5.41, 5.74) is 1.37. The van der Waals surface area contributed by atoms with Crippen molar-refractivity contribution >= 4 is 33.2 Å². The molecule has 0 bridgehead atoms. The van der Waals surface area contributed by atoms with Crippen LogP contribution < -0.4 is 9.62 Å². The molecule has 25 heavy (non-hydrogen) atoms. The average molecular weight is 385 g/mol. The lowest BCUT2D eigenvalue weighted by Crippen LogP contribution is -2.38. The number of amides is 1. The lowest BCUT2D eigenvalue weighted by molar-refractivity contribution is 0.0954. The quantitative estimate of drug-likeness (QED) is 0.832. The van der Waals surface area contributed by atoms with Crippen LogP contribution in [0.5, 0.6) is 0 Å². The Balaban J connectivity index is 2.12. The van der Waals surface area contributed by atoms with Crippen LogP contribution in [0.3, 0.4) is 0 Å². The van der Waals surface area contributed by atoms with E-state index in [9.17, 15) is 17.6 Å². The van der Waals surface area contributed by atoms with Crippen molar-refractivity contribution in [2.45, 2.75) is 6.92 Å². The Morgan fingerprint density at radius 2 is 1.96 bits per heavy atom. The van der Waals surface area contributed by atoms with Crippen molar-refractivity contribution < 1.29 is 17.6 Å². The number of carbonyl (C=O) groups excluding carboxylic acids is 1. The molecule has 0 aliphatic rings. The summed E-state index contributed by atoms with van der Waals surface area (Å²) in [5.74, 6) is -0.990. The van der Waals surface area contributed by atoms with E-state index >= 15 is 0 Å². The number of nitrogens with zero attached hydrogens (tertiary/aromatic N) is 1. The molecule has 0 spiro atoms. The monoisotopic (exact) mass is 384 g/mol. The highest BCUT2D eigenvalue weighted by molar-refractivity contribution is 7.92. The molecule has 8 heteroatoms. The topological polar surface area (TPSA) is 66.5 Å². The van der Waals surface area contributed by atoms with Crippen molar-refractivity contribution in [2.75, 3.05) is 23.7 Å². The van der Waals surface area contributed by atoms with E-state index in [-0.39, 0.29) is 18.7 Å². The van der Waals surface area contributed by atoms with E-state index < -0.39 is 21.7 Å². The maximum Gasteiger partial charge on any atom is 0.251 e. The van der Waals surface area contributed by atoms with E-state index in [1.54, 1.807) is 25.1 Å². The zero-order valence-corrected chi connectivity index (χ0v) is 15.4. The Hall–Kier alpha value is -2.12. The summed E-state index contributed by atoms with van der Waals surface area (Å²) >= 11 is 5.96. The summed E-state index contributed by atoms with van der Waals surface area (Å²) in [4.78, 5) is 12.0. The fraction of sp³-hybridized carbons (Fsp3) is 0.235. The molecule has 0 fully saturated rings. The van der Waals surface area contributed by atoms with Crippen LogP contribution in [0.2, 0.25) is 5.02 Å². The lowest BCUT2D eigenvalue weighted by atomic mass is 10.2. The van der Waals surface area contributed by atoms with E-state index in [1.807, 2.05) is 0 Å². The molecule has 1 N–H and O–H groups in total. The highest BCUT2D eigenvalue weighted by Gasteiger charge is 2.19. The van der Waals surface area contributed by atoms with Crippen LogP contribution in [0, 0.1) is 12.7 Å². The Morgan fingerprint density at radius 3 is 2.60 bits per heavy atom. The second kappa shape index (κ2) is 7.84. The van der Waals surface area contributed by atoms with Gasteiger partial charge in [-0.3, -0.25) is 9.10 Å². The van der Waals surface area contributed by atoms with Crippen LogP contribution in [0.15, 0.2) is 42.5 Å². The van der Waals surface area contributed by atoms with Gasteiger partial charge >= 0.3 is 0 Å². The number of sulfonamides is 1. The van der Waals surface area contributed by atoms with Gasteiger partial charge in [-0.1, -0.05) is 23.7 Å². The normalized spacial score (nSPS) is 11.2. The third-order valence-corrected chi connectivity index (χ3v) is 4.94. The molecule has 2 aromatic rings. The standard InChI is InChI=1S/C17H18ClFN2O3S/c1-12-6-7-14(18)11-16(12)21(25(2,23)24)9-8-20-17(22)13-4-3-5-15(19)10-13/h3-7,10-11H,8-9H2,1-2H3,(H,20,22). The molecule has 0 unspecified atom stereocenters. The number of benzene rings is 2. The SMILES string of the molecule is Cc1ccc(Cl)cc1N(CCNC(=O)c1cccc(F)c1)S(C)(=O)=O. The second-order valence-electron chi connectivity index (χ2n) is 5.53. The highest BCUT2D eigenvalue weighted by Crippen LogP contribution is 2.25. The van der Waals surface area contributed by atoms with E-state index in [4.69, 9.17) is 11.6 Å². The molecule has 134 valence electrons. The minimum atomic E-state index is -3.56. The Labute approximate surface area is 151 Å². The van der Waals surface area contributed by atoms with Gasteiger partial charge in [-0.15, -0.1) is 0 Å². The first-order valence-electron chi connectivity index (χ1n) is 7.46. The van der Waals surface area contributed by atoms with Crippen LogP contribution in [-0.4, -0.2) is 33.7 Å². The van der Waals surface area contributed by atoms with Gasteiger partial charge in [-0.05, 0) is 42.8 Å². The molecule has 2 rings (SSSR count). The molecule has 2 aromatic carbocycles. The predicted octanol–water partition coefficient (Wildman–Crippen LogP) is 2.98. The molecule has 0 radical (unpaired) electrons. The van der Waals surface area contributed by atoms with E-state index in [0.29, 0.717) is 10.7 Å². The van der Waals surface area contributed by atoms with Crippen LogP contribution in [0.1, 0.15) is 15.9 Å². The minimum Gasteiger partial charge on any atom is -0.350 e. The molecule has 0 aliphatic heterocycles. The molecular weight excluding hydrogens is 367 g/mol. The van der Waals surface area contributed by atoms with Gasteiger partial charge in [-0.2, -0.15) is 0 Å². The summed E-state index contributed by atoms with van der Waals surface area (Å²) in [6.45, 7) is 1.87. The summed E-state index contributed by atoms with van der Waals surface area (Å²) < 4.78 is 38.6. The number of hydrogen-bond donors (Lipinski definition) is 1. The van der Waals surface area contributed by atoms with Gasteiger partial charge in [0.05, 0.1) is 18.5 Å². The Bertz CT molecular complexity index is 887. The zero-order chi connectivity index (χ0) is 18.6. The predicted molar refractivity (Wildman–Crippen MR) is 97.1 cm³/mol. The Morgan fingerprint density at radius 1 is 1.24 bits per heavy atom. The van der Waals surface area contributed by atoms with Gasteiger partial charge in [0.15, 0.2) is 0 Å². The molecule has 0 aliphatic carbocycles. The second-order valence-corrected chi connectivity index (χ2v) is 7.88. The summed E-state index contributed by atoms with van der Waals surface area (Å²) in [6, 6.07) is 10.2. The van der Waals surface area contributed by atoms with Crippen LogP contribution >= 0.6 is 11.6 Å². The first-order valence-corrected chi connectivity index (χ1v) is 9.69. The van der Waals surface area contributed by atoms with Gasteiger partial charge < -0.3 is 5.32 Å². The van der Waals surface area contributed by atoms with E-state index in [1.165, 1.54) is 22.5 Å². The largest absolute Gasteiger partial charge is 0.350 e. The third kappa shape index (κ3) is 5.17. The van der Waals surface area contributed by atoms with E-state index in [0.717, 1.165) is 17.9 Å². The highest BCUT2D eigenvalue weighted by atomic mass is 35.5. The average Bonchev–Trinajstić information content (AvgIpc) is 2.53. The minimum absolute atomic E-state index is 0.0288. The van der Waals surface area contributed by atoms with Gasteiger partial charge in [-0.25, -0.2) is 12.8 Å². The Kier molecular flexibility index (Phi) is 6.02.